The minimum absolute atomic E-state index is 0.0396. The molecule has 3 heterocycles. The largest absolute Gasteiger partial charge is 0.352 e. The number of hydrogen-bond acceptors (Lipinski definition) is 2. The number of hydrogen-bond donors (Lipinski definition) is 1. The van der Waals surface area contributed by atoms with Crippen LogP contribution in [0, 0.1) is 0 Å². The number of benzene rings is 1. The first-order chi connectivity index (χ1) is 9.71. The molecule has 0 atom stereocenters. The van der Waals surface area contributed by atoms with E-state index < -0.39 is 0 Å². The van der Waals surface area contributed by atoms with Crippen LogP contribution in [0.25, 0.3) is 0 Å². The highest BCUT2D eigenvalue weighted by molar-refractivity contribution is 5.94. The monoisotopic (exact) mass is 274 g/mol. The van der Waals surface area contributed by atoms with Crippen molar-refractivity contribution in [2.24, 2.45) is 0 Å². The molecule has 1 aromatic carbocycles. The van der Waals surface area contributed by atoms with Crippen molar-refractivity contribution in [3.8, 4) is 0 Å². The highest BCUT2D eigenvalue weighted by atomic mass is 16.1. The van der Waals surface area contributed by atoms with Crippen LogP contribution < -0.4 is 5.32 Å². The van der Waals surface area contributed by atoms with E-state index in [2.05, 4.69) is 22.3 Å². The first-order valence-corrected chi connectivity index (χ1v) is 7.65. The Morgan fingerprint density at radius 3 is 2.60 bits per heavy atom. The Labute approximate surface area is 121 Å². The van der Waals surface area contributed by atoms with Crippen LogP contribution in [0.1, 0.15) is 22.8 Å². The van der Waals surface area contributed by atoms with Gasteiger partial charge in [0.15, 0.2) is 0 Å². The molecule has 2 bridgehead atoms. The average Bonchev–Trinajstić information content (AvgIpc) is 2.49. The molecule has 0 aliphatic carbocycles. The Balaban J connectivity index is 1.74. The van der Waals surface area contributed by atoms with E-state index in [0.29, 0.717) is 6.54 Å². The van der Waals surface area contributed by atoms with Crippen molar-refractivity contribution < 1.29 is 9.28 Å². The third kappa shape index (κ3) is 2.72. The van der Waals surface area contributed by atoms with Gasteiger partial charge < -0.3 is 9.80 Å². The molecule has 20 heavy (non-hydrogen) atoms. The minimum Gasteiger partial charge on any atom is -0.352 e. The van der Waals surface area contributed by atoms with Gasteiger partial charge >= 0.3 is 0 Å². The van der Waals surface area contributed by atoms with Gasteiger partial charge in [0.2, 0.25) is 0 Å². The molecule has 0 radical (unpaired) electrons. The molecule has 1 amide bonds. The number of piperazine rings is 3. The van der Waals surface area contributed by atoms with E-state index in [1.807, 2.05) is 19.1 Å². The Morgan fingerprint density at radius 2 is 1.95 bits per heavy atom. The van der Waals surface area contributed by atoms with Crippen LogP contribution in [-0.4, -0.2) is 61.1 Å². The van der Waals surface area contributed by atoms with Crippen LogP contribution >= 0.6 is 0 Å². The predicted molar refractivity (Wildman–Crippen MR) is 79.5 cm³/mol. The van der Waals surface area contributed by atoms with Gasteiger partial charge in [0.25, 0.3) is 5.91 Å². The van der Waals surface area contributed by atoms with Crippen molar-refractivity contribution in [3.63, 3.8) is 0 Å². The Kier molecular flexibility index (Phi) is 3.76. The molecule has 0 spiro atoms. The van der Waals surface area contributed by atoms with E-state index >= 15 is 0 Å². The molecule has 0 saturated carbocycles. The smallest absolute Gasteiger partial charge is 0.251 e. The molecule has 108 valence electrons. The van der Waals surface area contributed by atoms with Crippen LogP contribution in [0.15, 0.2) is 24.3 Å². The van der Waals surface area contributed by atoms with Crippen LogP contribution in [0.3, 0.4) is 0 Å². The van der Waals surface area contributed by atoms with Crippen LogP contribution in [-0.2, 0) is 6.54 Å². The van der Waals surface area contributed by atoms with Crippen LogP contribution in [0.2, 0.25) is 0 Å². The molecule has 0 aromatic heterocycles. The second kappa shape index (κ2) is 5.54. The number of quaternary nitrogens is 1. The summed E-state index contributed by atoms with van der Waals surface area (Å²) in [6, 6.07) is 8.15. The molecule has 3 saturated heterocycles. The molecule has 3 aliphatic heterocycles. The summed E-state index contributed by atoms with van der Waals surface area (Å²) in [6.07, 6.45) is 0. The molecule has 3 fully saturated rings. The Morgan fingerprint density at radius 1 is 1.25 bits per heavy atom. The second-order valence-electron chi connectivity index (χ2n) is 6.07. The van der Waals surface area contributed by atoms with E-state index in [0.717, 1.165) is 12.1 Å². The summed E-state index contributed by atoms with van der Waals surface area (Å²) in [6.45, 7) is 11.2. The fourth-order valence-corrected chi connectivity index (χ4v) is 3.43. The fourth-order valence-electron chi connectivity index (χ4n) is 3.43. The van der Waals surface area contributed by atoms with Gasteiger partial charge in [-0.1, -0.05) is 12.1 Å². The number of nitrogens with one attached hydrogen (secondary N) is 1. The van der Waals surface area contributed by atoms with Gasteiger partial charge in [-0.3, -0.25) is 9.69 Å². The zero-order valence-corrected chi connectivity index (χ0v) is 12.3. The van der Waals surface area contributed by atoms with E-state index in [4.69, 9.17) is 0 Å². The summed E-state index contributed by atoms with van der Waals surface area (Å²) in [7, 11) is 0. The van der Waals surface area contributed by atoms with E-state index in [1.165, 1.54) is 49.3 Å². The lowest BCUT2D eigenvalue weighted by molar-refractivity contribution is -0.953. The summed E-state index contributed by atoms with van der Waals surface area (Å²) in [5.41, 5.74) is 2.09. The first-order valence-electron chi connectivity index (χ1n) is 7.65. The number of carbonyl (C=O) groups excluding carboxylic acids is 1. The summed E-state index contributed by atoms with van der Waals surface area (Å²) >= 11 is 0. The SMILES string of the molecule is CCNC(=O)c1cccc(C[N+]23CCN(CC2)CC3)c1. The Bertz CT molecular complexity index is 478. The fraction of sp³-hybridized carbons (Fsp3) is 0.562. The van der Waals surface area contributed by atoms with Gasteiger partial charge in [0, 0.05) is 37.3 Å². The standard InChI is InChI=1S/C16H23N3O/c1-2-17-16(20)15-5-3-4-14(12-15)13-19-9-6-18(7-10-19)8-11-19/h3-5,12H,2,6-11,13H2,1H3/p+1. The van der Waals surface area contributed by atoms with Crippen molar-refractivity contribution in [1.29, 1.82) is 0 Å². The molecule has 1 aromatic rings. The van der Waals surface area contributed by atoms with E-state index in [9.17, 15) is 4.79 Å². The molecule has 4 nitrogen and oxygen atoms in total. The van der Waals surface area contributed by atoms with Crippen LogP contribution in [0.4, 0.5) is 0 Å². The molecule has 1 N–H and O–H groups in total. The topological polar surface area (TPSA) is 32.3 Å². The lowest BCUT2D eigenvalue weighted by atomic mass is 10.1. The third-order valence-electron chi connectivity index (χ3n) is 4.72. The lowest BCUT2D eigenvalue weighted by Crippen LogP contribution is -2.66. The maximum Gasteiger partial charge on any atom is 0.251 e. The normalized spacial score (nSPS) is 28.4. The summed E-state index contributed by atoms with van der Waals surface area (Å²) in [4.78, 5) is 14.5. The van der Waals surface area contributed by atoms with Gasteiger partial charge in [0.05, 0.1) is 19.6 Å². The zero-order valence-electron chi connectivity index (χ0n) is 12.3. The van der Waals surface area contributed by atoms with Gasteiger partial charge in [0.1, 0.15) is 6.54 Å². The molecule has 4 rings (SSSR count). The summed E-state index contributed by atoms with van der Waals surface area (Å²) < 4.78 is 1.20. The number of rotatable bonds is 4. The summed E-state index contributed by atoms with van der Waals surface area (Å²) in [5, 5.41) is 2.87. The van der Waals surface area contributed by atoms with Gasteiger partial charge in [-0.15, -0.1) is 0 Å². The number of nitrogens with zero attached hydrogens (tertiary/aromatic N) is 2. The zero-order chi connectivity index (χ0) is 14.0. The van der Waals surface area contributed by atoms with Crippen LogP contribution in [0.5, 0.6) is 0 Å². The van der Waals surface area contributed by atoms with Crippen molar-refractivity contribution >= 4 is 5.91 Å². The third-order valence-corrected chi connectivity index (χ3v) is 4.72. The molecular formula is C16H24N3O+. The average molecular weight is 274 g/mol. The minimum atomic E-state index is 0.0396. The van der Waals surface area contributed by atoms with Crippen molar-refractivity contribution in [2.75, 3.05) is 45.8 Å². The number of amides is 1. The molecule has 3 aliphatic rings. The maximum absolute atomic E-state index is 11.9. The second-order valence-corrected chi connectivity index (χ2v) is 6.07. The van der Waals surface area contributed by atoms with Crippen molar-refractivity contribution in [3.05, 3.63) is 35.4 Å². The summed E-state index contributed by atoms with van der Waals surface area (Å²) in [5.74, 6) is 0.0396. The number of fused-ring (bicyclic) bond motifs is 3. The molecule has 4 heteroatoms. The number of carbonyl (C=O) groups is 1. The Hall–Kier alpha value is -1.39. The highest BCUT2D eigenvalue weighted by Gasteiger charge is 2.38. The van der Waals surface area contributed by atoms with Crippen molar-refractivity contribution in [2.45, 2.75) is 13.5 Å². The highest BCUT2D eigenvalue weighted by Crippen LogP contribution is 2.23. The predicted octanol–water partition coefficient (Wildman–Crippen LogP) is 1.08. The van der Waals surface area contributed by atoms with E-state index in [-0.39, 0.29) is 5.91 Å². The van der Waals surface area contributed by atoms with Crippen molar-refractivity contribution in [1.82, 2.24) is 10.2 Å². The van der Waals surface area contributed by atoms with E-state index in [1.54, 1.807) is 0 Å². The van der Waals surface area contributed by atoms with Gasteiger partial charge in [-0.05, 0) is 19.1 Å². The molecular weight excluding hydrogens is 250 g/mol. The van der Waals surface area contributed by atoms with Gasteiger partial charge in [-0.2, -0.15) is 0 Å². The van der Waals surface area contributed by atoms with Gasteiger partial charge in [-0.25, -0.2) is 0 Å². The molecule has 0 unspecified atom stereocenters. The lowest BCUT2D eigenvalue weighted by Gasteiger charge is -2.50. The first kappa shape index (κ1) is 13.6. The quantitative estimate of drug-likeness (QED) is 0.833. The maximum atomic E-state index is 11.9.